The Morgan fingerprint density at radius 2 is 2.21 bits per heavy atom. The Hall–Kier alpha value is -1.49. The number of aliphatic hydroxyl groups excluding tert-OH is 1. The molecule has 1 saturated heterocycles. The van der Waals surface area contributed by atoms with E-state index in [4.69, 9.17) is 20.9 Å². The molecule has 0 spiro atoms. The first-order valence-corrected chi connectivity index (χ1v) is 10.8. The zero-order valence-corrected chi connectivity index (χ0v) is 16.7. The van der Waals surface area contributed by atoms with Crippen molar-refractivity contribution >= 4 is 25.2 Å². The number of hydrogen-bond donors (Lipinski definition) is 3. The minimum Gasteiger partial charge on any atom is -0.466 e. The summed E-state index contributed by atoms with van der Waals surface area (Å²) in [7, 11) is -4.28. The van der Waals surface area contributed by atoms with E-state index in [1.165, 1.54) is 6.20 Å². The number of ether oxygens (including phenoxy) is 2. The van der Waals surface area contributed by atoms with Gasteiger partial charge in [-0.2, -0.15) is 0 Å². The van der Waals surface area contributed by atoms with Crippen molar-refractivity contribution in [1.29, 1.82) is 0 Å². The molecule has 0 aromatic carbocycles. The van der Waals surface area contributed by atoms with Crippen LogP contribution >= 0.6 is 19.2 Å². The van der Waals surface area contributed by atoms with Crippen molar-refractivity contribution in [2.75, 3.05) is 25.3 Å². The molecule has 2 heterocycles. The topological polar surface area (TPSA) is 157 Å². The van der Waals surface area contributed by atoms with Gasteiger partial charge in [0.25, 0.3) is 5.56 Å². The molecule has 1 aliphatic heterocycles. The number of hydrogen-bond acceptors (Lipinski definition) is 8. The highest BCUT2D eigenvalue weighted by atomic mass is 35.5. The summed E-state index contributed by atoms with van der Waals surface area (Å²) in [5.74, 6) is -0.705. The number of nitrogens with zero attached hydrogens (tertiary/aromatic N) is 1. The summed E-state index contributed by atoms with van der Waals surface area (Å²) in [6.45, 7) is 1.14. The van der Waals surface area contributed by atoms with Gasteiger partial charge in [-0.25, -0.2) is 4.79 Å². The van der Waals surface area contributed by atoms with Gasteiger partial charge in [0.05, 0.1) is 19.3 Å². The molecule has 0 aliphatic carbocycles. The van der Waals surface area contributed by atoms with E-state index in [9.17, 15) is 28.9 Å². The lowest BCUT2D eigenvalue weighted by Gasteiger charge is -2.18. The fraction of sp³-hybridized carbons (Fsp3) is 0.667. The van der Waals surface area contributed by atoms with Crippen molar-refractivity contribution in [2.45, 2.75) is 38.2 Å². The minimum atomic E-state index is -4.28. The van der Waals surface area contributed by atoms with Crippen LogP contribution in [-0.4, -0.2) is 63.0 Å². The van der Waals surface area contributed by atoms with Gasteiger partial charge >= 0.3 is 19.3 Å². The third kappa shape index (κ3) is 6.00. The summed E-state index contributed by atoms with van der Waals surface area (Å²) in [4.78, 5) is 46.9. The van der Waals surface area contributed by atoms with Crippen molar-refractivity contribution in [3.05, 3.63) is 32.6 Å². The Morgan fingerprint density at radius 1 is 1.50 bits per heavy atom. The van der Waals surface area contributed by atoms with E-state index in [2.05, 4.69) is 9.72 Å². The van der Waals surface area contributed by atoms with Gasteiger partial charge in [0.2, 0.25) is 0 Å². The molecule has 28 heavy (non-hydrogen) atoms. The molecule has 13 heteroatoms. The first-order chi connectivity index (χ1) is 13.2. The first-order valence-electron chi connectivity index (χ1n) is 8.52. The molecule has 1 aromatic rings. The Bertz CT molecular complexity index is 855. The van der Waals surface area contributed by atoms with Gasteiger partial charge in [-0.1, -0.05) is 0 Å². The van der Waals surface area contributed by atoms with Crippen LogP contribution < -0.4 is 11.2 Å². The number of halogens is 1. The standard InChI is InChI=1S/C15H22ClN2O9P/c1-2-25-13(20)8-28(23,24)26-7-11-10(19)5-12(27-11)18-6-9(3-4-16)14(21)17-15(18)22/h6,10-12,19H,2-5,7-8H2,1H3,(H,23,24)(H,17,21,22)/t10-,11+,12+/m0/s1. The van der Waals surface area contributed by atoms with E-state index in [1.807, 2.05) is 0 Å². The highest BCUT2D eigenvalue weighted by Gasteiger charge is 2.37. The van der Waals surface area contributed by atoms with E-state index in [-0.39, 0.29) is 30.9 Å². The van der Waals surface area contributed by atoms with Crippen molar-refractivity contribution in [3.63, 3.8) is 0 Å². The third-order valence-electron chi connectivity index (χ3n) is 3.99. The van der Waals surface area contributed by atoms with E-state index in [0.717, 1.165) is 4.57 Å². The second-order valence-electron chi connectivity index (χ2n) is 6.09. The molecule has 4 atom stereocenters. The highest BCUT2D eigenvalue weighted by molar-refractivity contribution is 7.53. The third-order valence-corrected chi connectivity index (χ3v) is 5.39. The second kappa shape index (κ2) is 9.82. The molecular weight excluding hydrogens is 419 g/mol. The Balaban J connectivity index is 2.04. The van der Waals surface area contributed by atoms with Gasteiger partial charge in [0.15, 0.2) is 0 Å². The number of H-pyrrole nitrogens is 1. The number of carbonyl (C=O) groups excluding carboxylic acids is 1. The molecule has 1 aliphatic rings. The van der Waals surface area contributed by atoms with Gasteiger partial charge in [-0.15, -0.1) is 11.6 Å². The van der Waals surface area contributed by atoms with Crippen LogP contribution in [0.2, 0.25) is 0 Å². The predicted octanol–water partition coefficient (Wildman–Crippen LogP) is -0.269. The van der Waals surface area contributed by atoms with Crippen LogP contribution in [0.3, 0.4) is 0 Å². The molecule has 2 rings (SSSR count). The Labute approximate surface area is 164 Å². The van der Waals surface area contributed by atoms with Crippen LogP contribution in [0.4, 0.5) is 0 Å². The number of aromatic amines is 1. The van der Waals surface area contributed by atoms with Gasteiger partial charge in [0.1, 0.15) is 18.5 Å². The number of rotatable bonds is 9. The zero-order valence-electron chi connectivity index (χ0n) is 15.1. The van der Waals surface area contributed by atoms with Crippen LogP contribution in [-0.2, 0) is 29.8 Å². The molecule has 11 nitrogen and oxygen atoms in total. The number of aliphatic hydroxyl groups is 1. The average molecular weight is 441 g/mol. The smallest absolute Gasteiger partial charge is 0.339 e. The second-order valence-corrected chi connectivity index (χ2v) is 8.32. The molecule has 0 saturated carbocycles. The number of aromatic nitrogens is 2. The molecule has 0 radical (unpaired) electrons. The summed E-state index contributed by atoms with van der Waals surface area (Å²) in [6, 6.07) is 0. The van der Waals surface area contributed by atoms with Crippen molar-refractivity contribution in [1.82, 2.24) is 9.55 Å². The fourth-order valence-corrected chi connectivity index (χ4v) is 3.75. The fourth-order valence-electron chi connectivity index (χ4n) is 2.66. The molecule has 1 aromatic heterocycles. The molecule has 1 fully saturated rings. The molecule has 3 N–H and O–H groups in total. The van der Waals surface area contributed by atoms with Crippen LogP contribution in [0.25, 0.3) is 0 Å². The molecule has 158 valence electrons. The number of alkyl halides is 1. The van der Waals surface area contributed by atoms with E-state index in [1.54, 1.807) is 6.92 Å². The summed E-state index contributed by atoms with van der Waals surface area (Å²) in [6.07, 6.45) is -2.30. The van der Waals surface area contributed by atoms with Crippen LogP contribution in [0, 0.1) is 0 Å². The van der Waals surface area contributed by atoms with Gasteiger partial charge in [-0.05, 0) is 13.3 Å². The first kappa shape index (κ1) is 22.8. The van der Waals surface area contributed by atoms with E-state index in [0.29, 0.717) is 0 Å². The Morgan fingerprint density at radius 3 is 2.86 bits per heavy atom. The maximum atomic E-state index is 12.0. The molecule has 0 amide bonds. The van der Waals surface area contributed by atoms with Gasteiger partial charge < -0.3 is 24.0 Å². The summed E-state index contributed by atoms with van der Waals surface area (Å²) < 4.78 is 28.0. The van der Waals surface area contributed by atoms with Crippen LogP contribution in [0.5, 0.6) is 0 Å². The summed E-state index contributed by atoms with van der Waals surface area (Å²) >= 11 is 5.63. The largest absolute Gasteiger partial charge is 0.466 e. The predicted molar refractivity (Wildman–Crippen MR) is 97.6 cm³/mol. The lowest BCUT2D eigenvalue weighted by atomic mass is 10.2. The van der Waals surface area contributed by atoms with Crippen molar-refractivity contribution in [3.8, 4) is 0 Å². The lowest BCUT2D eigenvalue weighted by molar-refractivity contribution is -0.140. The summed E-state index contributed by atoms with van der Waals surface area (Å²) in [5.41, 5.74) is -1.00. The highest BCUT2D eigenvalue weighted by Crippen LogP contribution is 2.43. The number of carbonyl (C=O) groups is 1. The van der Waals surface area contributed by atoms with Gasteiger partial charge in [-0.3, -0.25) is 23.7 Å². The minimum absolute atomic E-state index is 0.00605. The van der Waals surface area contributed by atoms with Gasteiger partial charge in [0, 0.05) is 24.1 Å². The van der Waals surface area contributed by atoms with E-state index >= 15 is 0 Å². The number of nitrogens with one attached hydrogen (secondary N) is 1. The monoisotopic (exact) mass is 440 g/mol. The maximum absolute atomic E-state index is 12.0. The molecule has 0 bridgehead atoms. The Kier molecular flexibility index (Phi) is 7.99. The van der Waals surface area contributed by atoms with Crippen molar-refractivity contribution < 1.29 is 33.4 Å². The van der Waals surface area contributed by atoms with Crippen molar-refractivity contribution in [2.24, 2.45) is 0 Å². The number of aryl methyl sites for hydroxylation is 1. The molecule has 1 unspecified atom stereocenters. The van der Waals surface area contributed by atoms with Crippen LogP contribution in [0.1, 0.15) is 25.1 Å². The lowest BCUT2D eigenvalue weighted by Crippen LogP contribution is -2.34. The summed E-state index contributed by atoms with van der Waals surface area (Å²) in [5, 5.41) is 10.1. The SMILES string of the molecule is CCOC(=O)CP(=O)(O)OC[C@H]1O[C@@H](n2cc(CCCl)c(=O)[nH]c2=O)C[C@@H]1O. The quantitative estimate of drug-likeness (QED) is 0.267. The number of esters is 1. The van der Waals surface area contributed by atoms with Crippen LogP contribution in [0.15, 0.2) is 15.8 Å². The molecular formula is C15H22ClN2O9P. The maximum Gasteiger partial charge on any atom is 0.339 e. The van der Waals surface area contributed by atoms with E-state index < -0.39 is 56.0 Å². The zero-order chi connectivity index (χ0) is 20.9. The average Bonchev–Trinajstić information content (AvgIpc) is 2.96. The normalized spacial score (nSPS) is 24.1.